The maximum atomic E-state index is 14.1. The molecule has 3 atom stereocenters. The molecule has 2 aliphatic heterocycles. The number of thiophene rings is 1. The smallest absolute Gasteiger partial charge is 0.341 e. The SMILES string of the molecule is COC(=O)c1c(N2C(=O)[C@@H]3[C@@H](c4ccc(C)cc4)N(c4ccccc4)O[C@H]3C2=O)sc2c1CCCC2. The van der Waals surface area contributed by atoms with Gasteiger partial charge in [0.25, 0.3) is 5.91 Å². The number of amides is 2. The van der Waals surface area contributed by atoms with Crippen molar-refractivity contribution in [3.8, 4) is 0 Å². The number of carbonyl (C=O) groups is 3. The molecule has 0 saturated carbocycles. The summed E-state index contributed by atoms with van der Waals surface area (Å²) in [6.07, 6.45) is 2.57. The minimum Gasteiger partial charge on any atom is -0.465 e. The van der Waals surface area contributed by atoms with Crippen LogP contribution in [0.25, 0.3) is 0 Å². The number of imide groups is 1. The van der Waals surface area contributed by atoms with Gasteiger partial charge in [0.15, 0.2) is 6.10 Å². The molecular weight excluding hydrogens is 476 g/mol. The second-order valence-corrected chi connectivity index (χ2v) is 10.5. The van der Waals surface area contributed by atoms with Gasteiger partial charge in [-0.3, -0.25) is 14.4 Å². The molecule has 3 aromatic rings. The Labute approximate surface area is 213 Å². The van der Waals surface area contributed by atoms with Crippen LogP contribution in [0.3, 0.4) is 0 Å². The molecule has 2 fully saturated rings. The van der Waals surface area contributed by atoms with Crippen LogP contribution < -0.4 is 9.96 Å². The lowest BCUT2D eigenvalue weighted by Gasteiger charge is -2.28. The minimum atomic E-state index is -0.978. The number of benzene rings is 2. The lowest BCUT2D eigenvalue weighted by Crippen LogP contribution is -2.37. The van der Waals surface area contributed by atoms with Crippen LogP contribution >= 0.6 is 11.3 Å². The zero-order chi connectivity index (χ0) is 25.0. The number of rotatable bonds is 4. The Bertz CT molecular complexity index is 1350. The Morgan fingerprint density at radius 3 is 2.44 bits per heavy atom. The number of anilines is 2. The van der Waals surface area contributed by atoms with E-state index >= 15 is 0 Å². The van der Waals surface area contributed by atoms with Gasteiger partial charge in [-0.1, -0.05) is 48.0 Å². The van der Waals surface area contributed by atoms with Crippen LogP contribution in [-0.2, 0) is 32.0 Å². The highest BCUT2D eigenvalue weighted by Gasteiger charge is 2.61. The first-order chi connectivity index (χ1) is 17.5. The van der Waals surface area contributed by atoms with Gasteiger partial charge >= 0.3 is 5.97 Å². The van der Waals surface area contributed by atoms with Crippen molar-refractivity contribution in [2.45, 2.75) is 44.8 Å². The summed E-state index contributed by atoms with van der Waals surface area (Å²) < 4.78 is 5.08. The summed E-state index contributed by atoms with van der Waals surface area (Å²) in [6, 6.07) is 17.0. The maximum Gasteiger partial charge on any atom is 0.341 e. The molecule has 3 aliphatic rings. The van der Waals surface area contributed by atoms with Gasteiger partial charge in [-0.25, -0.2) is 14.8 Å². The Kier molecular flexibility index (Phi) is 5.65. The fraction of sp³-hybridized carbons (Fsp3) is 0.321. The number of hydrogen-bond donors (Lipinski definition) is 0. The zero-order valence-corrected chi connectivity index (χ0v) is 20.9. The zero-order valence-electron chi connectivity index (χ0n) is 20.1. The van der Waals surface area contributed by atoms with Crippen molar-refractivity contribution in [3.05, 3.63) is 81.7 Å². The van der Waals surface area contributed by atoms with Crippen molar-refractivity contribution in [3.63, 3.8) is 0 Å². The fourth-order valence-corrected chi connectivity index (χ4v) is 6.92. The number of fused-ring (bicyclic) bond motifs is 2. The number of para-hydroxylation sites is 1. The molecule has 0 N–H and O–H groups in total. The maximum absolute atomic E-state index is 14.1. The van der Waals surface area contributed by atoms with Gasteiger partial charge in [0.05, 0.1) is 24.4 Å². The second kappa shape index (κ2) is 8.87. The van der Waals surface area contributed by atoms with E-state index in [9.17, 15) is 14.4 Å². The summed E-state index contributed by atoms with van der Waals surface area (Å²) in [5.74, 6) is -2.05. The van der Waals surface area contributed by atoms with E-state index in [-0.39, 0.29) is 5.91 Å². The van der Waals surface area contributed by atoms with Crippen LogP contribution in [0.15, 0.2) is 54.6 Å². The molecule has 0 spiro atoms. The van der Waals surface area contributed by atoms with E-state index in [1.807, 2.05) is 61.5 Å². The van der Waals surface area contributed by atoms with Gasteiger partial charge in [-0.05, 0) is 55.9 Å². The molecule has 0 bridgehead atoms. The summed E-state index contributed by atoms with van der Waals surface area (Å²) >= 11 is 1.36. The Morgan fingerprint density at radius 2 is 1.72 bits per heavy atom. The lowest BCUT2D eigenvalue weighted by molar-refractivity contribution is -0.126. The standard InChI is InChI=1S/C28H26N2O5S/c1-16-12-14-17(15-13-16)23-22-24(35-30(23)18-8-4-3-5-9-18)26(32)29(25(22)31)27-21(28(33)34-2)19-10-6-7-11-20(19)36-27/h3-5,8-9,12-15,22-24H,6-7,10-11H2,1-2H3/t22-,23-,24-/m1/s1. The molecule has 184 valence electrons. The molecule has 6 rings (SSSR count). The molecule has 7 nitrogen and oxygen atoms in total. The van der Waals surface area contributed by atoms with Crippen LogP contribution in [0.5, 0.6) is 0 Å². The lowest BCUT2D eigenvalue weighted by atomic mass is 9.90. The first-order valence-electron chi connectivity index (χ1n) is 12.2. The van der Waals surface area contributed by atoms with E-state index in [2.05, 4.69) is 0 Å². The van der Waals surface area contributed by atoms with Crippen LogP contribution in [0.1, 0.15) is 50.8 Å². The summed E-state index contributed by atoms with van der Waals surface area (Å²) in [4.78, 5) is 49.2. The van der Waals surface area contributed by atoms with Crippen molar-refractivity contribution in [1.29, 1.82) is 0 Å². The van der Waals surface area contributed by atoms with Crippen molar-refractivity contribution >= 4 is 39.8 Å². The Hall–Kier alpha value is -3.49. The number of carbonyl (C=O) groups excluding carboxylic acids is 3. The first kappa shape index (κ1) is 22.9. The van der Waals surface area contributed by atoms with E-state index in [0.717, 1.165) is 52.9 Å². The van der Waals surface area contributed by atoms with Gasteiger partial charge in [-0.2, -0.15) is 0 Å². The van der Waals surface area contributed by atoms with E-state index < -0.39 is 29.9 Å². The minimum absolute atomic E-state index is 0.349. The predicted octanol–water partition coefficient (Wildman–Crippen LogP) is 4.77. The Balaban J connectivity index is 1.45. The van der Waals surface area contributed by atoms with Gasteiger partial charge in [0.1, 0.15) is 10.9 Å². The highest BCUT2D eigenvalue weighted by molar-refractivity contribution is 7.17. The average Bonchev–Trinajstić information content (AvgIpc) is 3.55. The van der Waals surface area contributed by atoms with E-state index in [4.69, 9.17) is 9.57 Å². The molecular formula is C28H26N2O5S. The topological polar surface area (TPSA) is 76.2 Å². The van der Waals surface area contributed by atoms with Crippen LogP contribution in [0, 0.1) is 12.8 Å². The summed E-state index contributed by atoms with van der Waals surface area (Å²) in [6.45, 7) is 2.01. The summed E-state index contributed by atoms with van der Waals surface area (Å²) in [7, 11) is 1.33. The third-order valence-electron chi connectivity index (χ3n) is 7.29. The van der Waals surface area contributed by atoms with E-state index in [0.29, 0.717) is 10.6 Å². The van der Waals surface area contributed by atoms with Crippen molar-refractivity contribution in [2.24, 2.45) is 5.92 Å². The second-order valence-electron chi connectivity index (χ2n) is 9.46. The van der Waals surface area contributed by atoms with Gasteiger partial charge in [0, 0.05) is 4.88 Å². The number of aryl methyl sites for hydroxylation is 2. The van der Waals surface area contributed by atoms with Gasteiger partial charge < -0.3 is 4.74 Å². The number of esters is 1. The number of methoxy groups -OCH3 is 1. The summed E-state index contributed by atoms with van der Waals surface area (Å²) in [5, 5.41) is 2.06. The van der Waals surface area contributed by atoms with E-state index in [1.54, 1.807) is 5.06 Å². The Morgan fingerprint density at radius 1 is 1.00 bits per heavy atom. The molecule has 2 amide bonds. The first-order valence-corrected chi connectivity index (χ1v) is 13.0. The van der Waals surface area contributed by atoms with Crippen molar-refractivity contribution in [2.75, 3.05) is 17.1 Å². The molecule has 1 aliphatic carbocycles. The fourth-order valence-electron chi connectivity index (χ4n) is 5.54. The quantitative estimate of drug-likeness (QED) is 0.378. The highest BCUT2D eigenvalue weighted by Crippen LogP contribution is 2.50. The average molecular weight is 503 g/mol. The monoisotopic (exact) mass is 502 g/mol. The summed E-state index contributed by atoms with van der Waals surface area (Å²) in [5.41, 5.74) is 4.02. The largest absolute Gasteiger partial charge is 0.465 e. The molecule has 3 heterocycles. The molecule has 0 unspecified atom stereocenters. The number of hydrogen-bond acceptors (Lipinski definition) is 7. The number of nitrogens with zero attached hydrogens (tertiary/aromatic N) is 2. The van der Waals surface area contributed by atoms with Crippen molar-refractivity contribution in [1.82, 2.24) is 0 Å². The molecule has 2 aromatic carbocycles. The highest BCUT2D eigenvalue weighted by atomic mass is 32.1. The number of ether oxygens (including phenoxy) is 1. The van der Waals surface area contributed by atoms with Gasteiger partial charge in [0.2, 0.25) is 5.91 Å². The molecule has 1 aromatic heterocycles. The molecule has 8 heteroatoms. The molecule has 36 heavy (non-hydrogen) atoms. The molecule has 2 saturated heterocycles. The van der Waals surface area contributed by atoms with Crippen LogP contribution in [0.4, 0.5) is 10.7 Å². The third kappa shape index (κ3) is 3.47. The normalized spacial score (nSPS) is 23.1. The van der Waals surface area contributed by atoms with E-state index in [1.165, 1.54) is 23.3 Å². The number of hydroxylamine groups is 1. The predicted molar refractivity (Wildman–Crippen MR) is 136 cm³/mol. The van der Waals surface area contributed by atoms with Gasteiger partial charge in [-0.15, -0.1) is 11.3 Å². The third-order valence-corrected chi connectivity index (χ3v) is 8.57. The molecule has 0 radical (unpaired) electrons. The van der Waals surface area contributed by atoms with Crippen LogP contribution in [0.2, 0.25) is 0 Å². The van der Waals surface area contributed by atoms with Crippen LogP contribution in [-0.4, -0.2) is 31.0 Å². The van der Waals surface area contributed by atoms with Crippen molar-refractivity contribution < 1.29 is 24.0 Å².